The molecule has 2 N–H and O–H groups in total. The molecule has 1 heterocycles. The second-order valence-corrected chi connectivity index (χ2v) is 5.57. The van der Waals surface area contributed by atoms with Crippen molar-refractivity contribution in [3.8, 4) is 5.75 Å². The molecule has 0 amide bonds. The van der Waals surface area contributed by atoms with Crippen molar-refractivity contribution in [1.82, 2.24) is 5.32 Å². The lowest BCUT2D eigenvalue weighted by atomic mass is 9.89. The van der Waals surface area contributed by atoms with Crippen molar-refractivity contribution in [2.75, 3.05) is 6.54 Å². The van der Waals surface area contributed by atoms with Crippen LogP contribution >= 0.6 is 15.9 Å². The number of phenolic OH excluding ortho intramolecular Hbond substituents is 1. The van der Waals surface area contributed by atoms with Gasteiger partial charge >= 0.3 is 6.18 Å². The monoisotopic (exact) mass is 323 g/mol. The Morgan fingerprint density at radius 2 is 2.06 bits per heavy atom. The van der Waals surface area contributed by atoms with E-state index in [0.717, 1.165) is 25.5 Å². The van der Waals surface area contributed by atoms with Crippen LogP contribution in [0.25, 0.3) is 0 Å². The van der Waals surface area contributed by atoms with Crippen molar-refractivity contribution < 1.29 is 18.3 Å². The van der Waals surface area contributed by atoms with E-state index < -0.39 is 23.0 Å². The number of hydrogen-bond acceptors (Lipinski definition) is 2. The van der Waals surface area contributed by atoms with Crippen LogP contribution in [-0.4, -0.2) is 11.7 Å². The molecule has 18 heavy (non-hydrogen) atoms. The van der Waals surface area contributed by atoms with Crippen LogP contribution < -0.4 is 5.32 Å². The summed E-state index contributed by atoms with van der Waals surface area (Å²) in [5.41, 5.74) is -0.922. The van der Waals surface area contributed by atoms with E-state index in [2.05, 4.69) is 21.2 Å². The van der Waals surface area contributed by atoms with Gasteiger partial charge in [-0.25, -0.2) is 0 Å². The number of halogens is 4. The first-order chi connectivity index (χ1) is 8.24. The highest BCUT2D eigenvalue weighted by Crippen LogP contribution is 2.43. The van der Waals surface area contributed by atoms with Crippen molar-refractivity contribution in [2.45, 2.75) is 31.5 Å². The van der Waals surface area contributed by atoms with Gasteiger partial charge in [0, 0.05) is 5.54 Å². The van der Waals surface area contributed by atoms with E-state index in [1.807, 2.05) is 6.92 Å². The molecular weight excluding hydrogens is 311 g/mol. The Morgan fingerprint density at radius 1 is 1.39 bits per heavy atom. The van der Waals surface area contributed by atoms with E-state index in [1.165, 1.54) is 0 Å². The van der Waals surface area contributed by atoms with Crippen molar-refractivity contribution in [2.24, 2.45) is 0 Å². The fourth-order valence-corrected chi connectivity index (χ4v) is 2.73. The number of benzene rings is 1. The number of phenols is 1. The van der Waals surface area contributed by atoms with E-state index in [-0.39, 0.29) is 4.47 Å². The SMILES string of the molecule is CC1(c2cc(Br)c(O)c(C(F)(F)F)c2)CCCN1. The Balaban J connectivity index is 2.54. The number of alkyl halides is 3. The molecular formula is C12H13BrF3NO. The largest absolute Gasteiger partial charge is 0.506 e. The first kappa shape index (κ1) is 13.7. The van der Waals surface area contributed by atoms with Gasteiger partial charge in [-0.1, -0.05) is 0 Å². The van der Waals surface area contributed by atoms with Gasteiger partial charge in [-0.15, -0.1) is 0 Å². The second kappa shape index (κ2) is 4.42. The van der Waals surface area contributed by atoms with Gasteiger partial charge in [0.25, 0.3) is 0 Å². The third-order valence-corrected chi connectivity index (χ3v) is 3.98. The predicted molar refractivity (Wildman–Crippen MR) is 65.4 cm³/mol. The van der Waals surface area contributed by atoms with Crippen LogP contribution in [0.15, 0.2) is 16.6 Å². The fourth-order valence-electron chi connectivity index (χ4n) is 2.27. The molecule has 1 aromatic rings. The summed E-state index contributed by atoms with van der Waals surface area (Å²) < 4.78 is 38.5. The smallest absolute Gasteiger partial charge is 0.420 e. The Bertz CT molecular complexity index is 467. The molecule has 0 bridgehead atoms. The van der Waals surface area contributed by atoms with E-state index in [9.17, 15) is 18.3 Å². The third-order valence-electron chi connectivity index (χ3n) is 3.37. The summed E-state index contributed by atoms with van der Waals surface area (Å²) >= 11 is 2.98. The molecule has 0 aromatic heterocycles. The van der Waals surface area contributed by atoms with E-state index in [1.54, 1.807) is 6.07 Å². The zero-order chi connectivity index (χ0) is 13.6. The molecule has 1 atom stereocenters. The molecule has 6 heteroatoms. The molecule has 100 valence electrons. The Morgan fingerprint density at radius 3 is 2.56 bits per heavy atom. The highest BCUT2D eigenvalue weighted by molar-refractivity contribution is 9.10. The number of aromatic hydroxyl groups is 1. The van der Waals surface area contributed by atoms with Crippen molar-refractivity contribution in [1.29, 1.82) is 0 Å². The van der Waals surface area contributed by atoms with Crippen LogP contribution in [0.5, 0.6) is 5.75 Å². The average Bonchev–Trinajstić information content (AvgIpc) is 2.68. The first-order valence-electron chi connectivity index (χ1n) is 5.59. The standard InChI is InChI=1S/C12H13BrF3NO/c1-11(3-2-4-17-11)7-5-8(12(14,15)16)10(18)9(13)6-7/h5-6,17-18H,2-4H2,1H3. The molecule has 1 fully saturated rings. The van der Waals surface area contributed by atoms with Crippen LogP contribution in [0.4, 0.5) is 13.2 Å². The third kappa shape index (κ3) is 2.36. The van der Waals surface area contributed by atoms with Crippen LogP contribution in [-0.2, 0) is 11.7 Å². The van der Waals surface area contributed by atoms with Crippen molar-refractivity contribution >= 4 is 15.9 Å². The maximum absolute atomic E-state index is 12.8. The van der Waals surface area contributed by atoms with Crippen LogP contribution in [0.3, 0.4) is 0 Å². The summed E-state index contributed by atoms with van der Waals surface area (Å²) in [6.45, 7) is 2.66. The lowest BCUT2D eigenvalue weighted by Gasteiger charge is -2.26. The van der Waals surface area contributed by atoms with Gasteiger partial charge in [0.15, 0.2) is 0 Å². The molecule has 0 radical (unpaired) electrons. The van der Waals surface area contributed by atoms with Crippen LogP contribution in [0.2, 0.25) is 0 Å². The highest BCUT2D eigenvalue weighted by atomic mass is 79.9. The second-order valence-electron chi connectivity index (χ2n) is 4.71. The average molecular weight is 324 g/mol. The number of hydrogen-bond donors (Lipinski definition) is 2. The molecule has 2 nitrogen and oxygen atoms in total. The number of rotatable bonds is 1. The van der Waals surface area contributed by atoms with Crippen LogP contribution in [0.1, 0.15) is 30.9 Å². The zero-order valence-electron chi connectivity index (χ0n) is 9.74. The summed E-state index contributed by atoms with van der Waals surface area (Å²) in [5.74, 6) is -0.757. The van der Waals surface area contributed by atoms with E-state index in [0.29, 0.717) is 5.56 Å². The van der Waals surface area contributed by atoms with E-state index in [4.69, 9.17) is 0 Å². The molecule has 1 unspecified atom stereocenters. The Kier molecular flexibility index (Phi) is 3.36. The molecule has 1 saturated heterocycles. The lowest BCUT2D eigenvalue weighted by molar-refractivity contribution is -0.138. The van der Waals surface area contributed by atoms with Gasteiger partial charge < -0.3 is 10.4 Å². The fraction of sp³-hybridized carbons (Fsp3) is 0.500. The molecule has 1 aliphatic heterocycles. The zero-order valence-corrected chi connectivity index (χ0v) is 11.3. The van der Waals surface area contributed by atoms with Gasteiger partial charge in [-0.05, 0) is 59.9 Å². The molecule has 0 spiro atoms. The van der Waals surface area contributed by atoms with Crippen molar-refractivity contribution in [3.63, 3.8) is 0 Å². The highest BCUT2D eigenvalue weighted by Gasteiger charge is 2.38. The first-order valence-corrected chi connectivity index (χ1v) is 6.38. The Labute approximate surface area is 111 Å². The summed E-state index contributed by atoms with van der Waals surface area (Å²) in [5, 5.41) is 12.7. The minimum Gasteiger partial charge on any atom is -0.506 e. The summed E-state index contributed by atoms with van der Waals surface area (Å²) in [6, 6.07) is 2.57. The normalized spacial score (nSPS) is 24.5. The molecule has 2 rings (SSSR count). The topological polar surface area (TPSA) is 32.3 Å². The lowest BCUT2D eigenvalue weighted by Crippen LogP contribution is -2.33. The molecule has 1 aromatic carbocycles. The maximum Gasteiger partial charge on any atom is 0.420 e. The van der Waals surface area contributed by atoms with Gasteiger partial charge in [0.1, 0.15) is 5.75 Å². The quantitative estimate of drug-likeness (QED) is 0.824. The van der Waals surface area contributed by atoms with Crippen LogP contribution in [0, 0.1) is 0 Å². The van der Waals surface area contributed by atoms with Gasteiger partial charge in [-0.2, -0.15) is 13.2 Å². The summed E-state index contributed by atoms with van der Waals surface area (Å²) in [6.07, 6.45) is -2.85. The number of nitrogens with one attached hydrogen (secondary N) is 1. The maximum atomic E-state index is 12.8. The molecule has 0 aliphatic carbocycles. The van der Waals surface area contributed by atoms with E-state index >= 15 is 0 Å². The van der Waals surface area contributed by atoms with Gasteiger partial charge in [0.05, 0.1) is 10.0 Å². The Hall–Kier alpha value is -0.750. The minimum absolute atomic E-state index is 0.0715. The molecule has 1 aliphatic rings. The summed E-state index contributed by atoms with van der Waals surface area (Å²) in [4.78, 5) is 0. The minimum atomic E-state index is -4.56. The predicted octanol–water partition coefficient (Wildman–Crippen LogP) is 3.77. The van der Waals surface area contributed by atoms with Gasteiger partial charge in [0.2, 0.25) is 0 Å². The summed E-state index contributed by atoms with van der Waals surface area (Å²) in [7, 11) is 0. The van der Waals surface area contributed by atoms with Gasteiger partial charge in [-0.3, -0.25) is 0 Å². The van der Waals surface area contributed by atoms with Crippen molar-refractivity contribution in [3.05, 3.63) is 27.7 Å². The molecule has 0 saturated carbocycles.